The second-order valence-corrected chi connectivity index (χ2v) is 5.90. The van der Waals surface area contributed by atoms with Crippen LogP contribution in [0.2, 0.25) is 0 Å². The highest BCUT2D eigenvalue weighted by Crippen LogP contribution is 2.30. The van der Waals surface area contributed by atoms with E-state index in [2.05, 4.69) is 0 Å². The highest BCUT2D eigenvalue weighted by atomic mass is 32.2. The van der Waals surface area contributed by atoms with Gasteiger partial charge in [0.15, 0.2) is 0 Å². The molecule has 0 radical (unpaired) electrons. The van der Waals surface area contributed by atoms with E-state index in [1.807, 2.05) is 38.1 Å². The molecule has 0 amide bonds. The normalized spacial score (nSPS) is 11.8. The quantitative estimate of drug-likeness (QED) is 0.847. The summed E-state index contributed by atoms with van der Waals surface area (Å²) in [4.78, 5) is 1.89. The van der Waals surface area contributed by atoms with Crippen molar-refractivity contribution in [3.63, 3.8) is 0 Å². The summed E-state index contributed by atoms with van der Waals surface area (Å²) >= 11 is 0. The highest BCUT2D eigenvalue weighted by molar-refractivity contribution is 7.85. The van der Waals surface area contributed by atoms with E-state index in [4.69, 9.17) is 4.55 Å². The summed E-state index contributed by atoms with van der Waals surface area (Å²) in [7, 11) is -0.295. The third-order valence-corrected chi connectivity index (χ3v) is 3.81. The fourth-order valence-corrected chi connectivity index (χ4v) is 2.51. The molecule has 0 aliphatic rings. The molecule has 5 heteroatoms. The minimum atomic E-state index is -4.16. The lowest BCUT2D eigenvalue weighted by atomic mass is 10.0. The Morgan fingerprint density at radius 1 is 1.06 bits per heavy atom. The SMILES string of the molecule is Cc1ccc(N(C)C)c2ccc(S(=O)(=O)O)cc12. The standard InChI is InChI=1S/C13H15NO3S/c1-9-4-7-13(14(2)3)11-6-5-10(8-12(9)11)18(15,16)17/h4-8H,1-3H3,(H,15,16,17). The molecular weight excluding hydrogens is 250 g/mol. The molecule has 4 nitrogen and oxygen atoms in total. The van der Waals surface area contributed by atoms with Crippen LogP contribution in [-0.2, 0) is 10.1 Å². The Morgan fingerprint density at radius 2 is 1.72 bits per heavy atom. The van der Waals surface area contributed by atoms with Gasteiger partial charge in [0.1, 0.15) is 0 Å². The molecular formula is C13H15NO3S. The van der Waals surface area contributed by atoms with E-state index in [0.29, 0.717) is 0 Å². The molecule has 2 aromatic carbocycles. The van der Waals surface area contributed by atoms with E-state index in [1.165, 1.54) is 12.1 Å². The number of anilines is 1. The van der Waals surface area contributed by atoms with Gasteiger partial charge in [-0.3, -0.25) is 4.55 Å². The van der Waals surface area contributed by atoms with Crippen molar-refractivity contribution in [2.45, 2.75) is 11.8 Å². The number of nitrogens with zero attached hydrogens (tertiary/aromatic N) is 1. The molecule has 2 rings (SSSR count). The fraction of sp³-hybridized carbons (Fsp3) is 0.231. The number of benzene rings is 2. The maximum atomic E-state index is 11.2. The van der Waals surface area contributed by atoms with Crippen LogP contribution in [-0.4, -0.2) is 27.1 Å². The predicted molar refractivity (Wildman–Crippen MR) is 72.8 cm³/mol. The first kappa shape index (κ1) is 12.9. The molecule has 0 fully saturated rings. The van der Waals surface area contributed by atoms with Gasteiger partial charge in [-0.25, -0.2) is 0 Å². The molecule has 0 spiro atoms. The predicted octanol–water partition coefficient (Wildman–Crippen LogP) is 2.46. The molecule has 0 aromatic heterocycles. The Kier molecular flexibility index (Phi) is 3.04. The molecule has 2 aromatic rings. The summed E-state index contributed by atoms with van der Waals surface area (Å²) in [6.45, 7) is 1.91. The Morgan fingerprint density at radius 3 is 2.28 bits per heavy atom. The Bertz CT molecular complexity index is 705. The molecule has 0 bridgehead atoms. The second kappa shape index (κ2) is 4.26. The van der Waals surface area contributed by atoms with Gasteiger partial charge in [0, 0.05) is 25.2 Å². The van der Waals surface area contributed by atoms with Crippen molar-refractivity contribution in [2.24, 2.45) is 0 Å². The topological polar surface area (TPSA) is 57.6 Å². The summed E-state index contributed by atoms with van der Waals surface area (Å²) in [5.74, 6) is 0. The van der Waals surface area contributed by atoms with Gasteiger partial charge in [-0.05, 0) is 36.1 Å². The molecule has 0 aliphatic heterocycles. The highest BCUT2D eigenvalue weighted by Gasteiger charge is 2.12. The van der Waals surface area contributed by atoms with E-state index < -0.39 is 10.1 Å². The first-order valence-corrected chi connectivity index (χ1v) is 6.93. The molecule has 1 N–H and O–H groups in total. The van der Waals surface area contributed by atoms with E-state index in [-0.39, 0.29) is 4.90 Å². The van der Waals surface area contributed by atoms with Gasteiger partial charge in [0.25, 0.3) is 10.1 Å². The minimum Gasteiger partial charge on any atom is -0.377 e. The fourth-order valence-electron chi connectivity index (χ4n) is 2.01. The molecule has 0 saturated heterocycles. The van der Waals surface area contributed by atoms with Crippen LogP contribution in [0.4, 0.5) is 5.69 Å². The third-order valence-electron chi connectivity index (χ3n) is 2.96. The number of hydrogen-bond donors (Lipinski definition) is 1. The summed E-state index contributed by atoms with van der Waals surface area (Å²) in [6.07, 6.45) is 0. The van der Waals surface area contributed by atoms with Crippen molar-refractivity contribution in [3.05, 3.63) is 35.9 Å². The summed E-state index contributed by atoms with van der Waals surface area (Å²) in [5.41, 5.74) is 1.98. The summed E-state index contributed by atoms with van der Waals surface area (Å²) in [5, 5.41) is 1.80. The van der Waals surface area contributed by atoms with Crippen LogP contribution in [0.3, 0.4) is 0 Å². The van der Waals surface area contributed by atoms with Gasteiger partial charge in [-0.2, -0.15) is 8.42 Å². The van der Waals surface area contributed by atoms with Gasteiger partial charge >= 0.3 is 0 Å². The van der Waals surface area contributed by atoms with Crippen molar-refractivity contribution in [2.75, 3.05) is 19.0 Å². The van der Waals surface area contributed by atoms with Gasteiger partial charge in [-0.15, -0.1) is 0 Å². The van der Waals surface area contributed by atoms with Crippen molar-refractivity contribution >= 4 is 26.6 Å². The zero-order valence-electron chi connectivity index (χ0n) is 10.5. The van der Waals surface area contributed by atoms with Crippen molar-refractivity contribution in [3.8, 4) is 0 Å². The summed E-state index contributed by atoms with van der Waals surface area (Å²) < 4.78 is 31.4. The molecule has 0 aliphatic carbocycles. The van der Waals surface area contributed by atoms with Gasteiger partial charge < -0.3 is 4.90 Å². The first-order valence-electron chi connectivity index (χ1n) is 5.49. The molecule has 0 saturated carbocycles. The van der Waals surface area contributed by atoms with E-state index in [1.54, 1.807) is 6.07 Å². The van der Waals surface area contributed by atoms with Crippen molar-refractivity contribution in [1.29, 1.82) is 0 Å². The van der Waals surface area contributed by atoms with Crippen molar-refractivity contribution < 1.29 is 13.0 Å². The Balaban J connectivity index is 2.83. The zero-order valence-corrected chi connectivity index (χ0v) is 11.3. The monoisotopic (exact) mass is 265 g/mol. The number of fused-ring (bicyclic) bond motifs is 1. The molecule has 0 atom stereocenters. The van der Waals surface area contributed by atoms with Crippen molar-refractivity contribution in [1.82, 2.24) is 0 Å². The maximum absolute atomic E-state index is 11.2. The largest absolute Gasteiger partial charge is 0.377 e. The zero-order chi connectivity index (χ0) is 13.5. The summed E-state index contributed by atoms with van der Waals surface area (Å²) in [6, 6.07) is 8.58. The van der Waals surface area contributed by atoms with Crippen LogP contribution in [0.5, 0.6) is 0 Å². The molecule has 0 heterocycles. The van der Waals surface area contributed by atoms with Crippen LogP contribution >= 0.6 is 0 Å². The van der Waals surface area contributed by atoms with E-state index in [9.17, 15) is 8.42 Å². The van der Waals surface area contributed by atoms with Gasteiger partial charge in [-0.1, -0.05) is 12.1 Å². The van der Waals surface area contributed by atoms with Crippen LogP contribution in [0, 0.1) is 6.92 Å². The maximum Gasteiger partial charge on any atom is 0.294 e. The lowest BCUT2D eigenvalue weighted by molar-refractivity contribution is 0.483. The average molecular weight is 265 g/mol. The van der Waals surface area contributed by atoms with Crippen LogP contribution in [0.25, 0.3) is 10.8 Å². The number of rotatable bonds is 2. The van der Waals surface area contributed by atoms with Gasteiger partial charge in [0.05, 0.1) is 4.90 Å². The molecule has 96 valence electrons. The Hall–Kier alpha value is -1.59. The first-order chi connectivity index (χ1) is 8.30. The Labute approximate surface area is 107 Å². The van der Waals surface area contributed by atoms with Gasteiger partial charge in [0.2, 0.25) is 0 Å². The molecule has 0 unspecified atom stereocenters. The lowest BCUT2D eigenvalue weighted by Crippen LogP contribution is -2.09. The molecule has 18 heavy (non-hydrogen) atoms. The number of hydrogen-bond acceptors (Lipinski definition) is 3. The smallest absolute Gasteiger partial charge is 0.294 e. The van der Waals surface area contributed by atoms with E-state index in [0.717, 1.165) is 22.0 Å². The van der Waals surface area contributed by atoms with Crippen LogP contribution in [0.1, 0.15) is 5.56 Å². The third kappa shape index (κ3) is 2.19. The second-order valence-electron chi connectivity index (χ2n) is 4.48. The number of aryl methyl sites for hydroxylation is 1. The van der Waals surface area contributed by atoms with Crippen LogP contribution < -0.4 is 4.90 Å². The lowest BCUT2D eigenvalue weighted by Gasteiger charge is -2.17. The van der Waals surface area contributed by atoms with E-state index >= 15 is 0 Å². The average Bonchev–Trinajstić information content (AvgIpc) is 2.27. The van der Waals surface area contributed by atoms with Crippen LogP contribution in [0.15, 0.2) is 35.2 Å². The minimum absolute atomic E-state index is 0.0750.